The quantitative estimate of drug-likeness (QED) is 0.825. The molecule has 0 radical (unpaired) electrons. The van der Waals surface area contributed by atoms with Crippen molar-refractivity contribution in [1.29, 1.82) is 0 Å². The number of carbonyl (C=O) groups is 2. The van der Waals surface area contributed by atoms with Gasteiger partial charge in [0.25, 0.3) is 11.8 Å². The van der Waals surface area contributed by atoms with Gasteiger partial charge in [-0.2, -0.15) is 0 Å². The number of nitrogens with zero attached hydrogens (tertiary/aromatic N) is 3. The number of imidazole rings is 1. The largest absolute Gasteiger partial charge is 0.345 e. The van der Waals surface area contributed by atoms with Crippen LogP contribution in [0.1, 0.15) is 59.1 Å². The van der Waals surface area contributed by atoms with E-state index >= 15 is 0 Å². The maximum atomic E-state index is 12.8. The molecule has 1 N–H and O–H groups in total. The van der Waals surface area contributed by atoms with Crippen molar-refractivity contribution in [2.75, 3.05) is 13.1 Å². The van der Waals surface area contributed by atoms with Crippen LogP contribution in [-0.4, -0.2) is 39.4 Å². The van der Waals surface area contributed by atoms with E-state index in [0.717, 1.165) is 37.1 Å². The van der Waals surface area contributed by atoms with Crippen LogP contribution >= 0.6 is 11.6 Å². The minimum absolute atomic E-state index is 0.0950. The van der Waals surface area contributed by atoms with Gasteiger partial charge in [-0.3, -0.25) is 9.59 Å². The Kier molecular flexibility index (Phi) is 6.16. The molecular formula is C20H25ClN4O2. The van der Waals surface area contributed by atoms with Crippen LogP contribution < -0.4 is 5.32 Å². The van der Waals surface area contributed by atoms with Crippen LogP contribution in [-0.2, 0) is 19.5 Å². The zero-order chi connectivity index (χ0) is 19.4. The molecular weight excluding hydrogens is 364 g/mol. The van der Waals surface area contributed by atoms with Crippen molar-refractivity contribution < 1.29 is 9.59 Å². The third-order valence-corrected chi connectivity index (χ3v) is 5.19. The average molecular weight is 389 g/mol. The first-order valence-electron chi connectivity index (χ1n) is 9.46. The maximum absolute atomic E-state index is 12.8. The number of hydrogen-bond acceptors (Lipinski definition) is 3. The molecule has 2 heterocycles. The van der Waals surface area contributed by atoms with E-state index in [4.69, 9.17) is 11.6 Å². The van der Waals surface area contributed by atoms with Gasteiger partial charge in [0.1, 0.15) is 5.69 Å². The Morgan fingerprint density at radius 3 is 2.56 bits per heavy atom. The predicted octanol–water partition coefficient (Wildman–Crippen LogP) is 3.28. The van der Waals surface area contributed by atoms with Crippen molar-refractivity contribution in [3.63, 3.8) is 0 Å². The lowest BCUT2D eigenvalue weighted by Gasteiger charge is -2.20. The first-order chi connectivity index (χ1) is 13.0. The molecule has 0 saturated carbocycles. The summed E-state index contributed by atoms with van der Waals surface area (Å²) in [6.45, 7) is 6.25. The Hall–Kier alpha value is -2.34. The third-order valence-electron chi connectivity index (χ3n) is 4.94. The summed E-state index contributed by atoms with van der Waals surface area (Å²) in [4.78, 5) is 31.8. The SMILES string of the molecule is CCN(CC)C(=O)c1nc(C(=O)NCc2ccc(Cl)cc2)n2c1CCCC2. The van der Waals surface area contributed by atoms with E-state index in [-0.39, 0.29) is 11.8 Å². The second kappa shape index (κ2) is 8.57. The van der Waals surface area contributed by atoms with Crippen LogP contribution in [0.25, 0.3) is 0 Å². The van der Waals surface area contributed by atoms with Gasteiger partial charge >= 0.3 is 0 Å². The number of hydrogen-bond donors (Lipinski definition) is 1. The molecule has 0 saturated heterocycles. The monoisotopic (exact) mass is 388 g/mol. The predicted molar refractivity (Wildman–Crippen MR) is 105 cm³/mol. The highest BCUT2D eigenvalue weighted by atomic mass is 35.5. The van der Waals surface area contributed by atoms with Crippen LogP contribution in [0.4, 0.5) is 0 Å². The fourth-order valence-corrected chi connectivity index (χ4v) is 3.54. The van der Waals surface area contributed by atoms with E-state index < -0.39 is 0 Å². The summed E-state index contributed by atoms with van der Waals surface area (Å²) >= 11 is 5.89. The zero-order valence-electron chi connectivity index (χ0n) is 15.8. The Morgan fingerprint density at radius 2 is 1.89 bits per heavy atom. The van der Waals surface area contributed by atoms with Crippen LogP contribution in [0.5, 0.6) is 0 Å². The normalized spacial score (nSPS) is 13.1. The van der Waals surface area contributed by atoms with Crippen molar-refractivity contribution >= 4 is 23.4 Å². The van der Waals surface area contributed by atoms with Crippen molar-refractivity contribution in [3.05, 3.63) is 52.1 Å². The van der Waals surface area contributed by atoms with Gasteiger partial charge in [-0.25, -0.2) is 4.98 Å². The number of rotatable bonds is 6. The molecule has 0 aliphatic carbocycles. The Balaban J connectivity index is 1.83. The molecule has 2 amide bonds. The highest BCUT2D eigenvalue weighted by molar-refractivity contribution is 6.30. The second-order valence-corrected chi connectivity index (χ2v) is 7.06. The Bertz CT molecular complexity index is 825. The van der Waals surface area contributed by atoms with E-state index in [1.165, 1.54) is 0 Å². The van der Waals surface area contributed by atoms with Crippen LogP contribution in [0.2, 0.25) is 5.02 Å². The van der Waals surface area contributed by atoms with Gasteiger partial charge in [-0.05, 0) is 50.8 Å². The molecule has 1 aromatic heterocycles. The molecule has 0 atom stereocenters. The van der Waals surface area contributed by atoms with Crippen LogP contribution in [0, 0.1) is 0 Å². The highest BCUT2D eigenvalue weighted by Gasteiger charge is 2.29. The lowest BCUT2D eigenvalue weighted by atomic mass is 10.1. The van der Waals surface area contributed by atoms with E-state index in [1.807, 2.05) is 30.5 Å². The smallest absolute Gasteiger partial charge is 0.287 e. The van der Waals surface area contributed by atoms with Gasteiger partial charge in [0.15, 0.2) is 5.82 Å². The number of nitrogens with one attached hydrogen (secondary N) is 1. The summed E-state index contributed by atoms with van der Waals surface area (Å²) in [7, 11) is 0. The van der Waals surface area contributed by atoms with E-state index in [2.05, 4.69) is 10.3 Å². The molecule has 27 heavy (non-hydrogen) atoms. The number of halogens is 1. The van der Waals surface area contributed by atoms with Gasteiger partial charge in [-0.1, -0.05) is 23.7 Å². The molecule has 0 bridgehead atoms. The second-order valence-electron chi connectivity index (χ2n) is 6.63. The summed E-state index contributed by atoms with van der Waals surface area (Å²) in [5.74, 6) is -0.0248. The number of fused-ring (bicyclic) bond motifs is 1. The molecule has 0 spiro atoms. The molecule has 1 aliphatic rings. The van der Waals surface area contributed by atoms with Gasteiger partial charge in [-0.15, -0.1) is 0 Å². The fourth-order valence-electron chi connectivity index (χ4n) is 3.41. The molecule has 6 nitrogen and oxygen atoms in total. The van der Waals surface area contributed by atoms with Gasteiger partial charge in [0, 0.05) is 31.2 Å². The maximum Gasteiger partial charge on any atom is 0.287 e. The summed E-state index contributed by atoms with van der Waals surface area (Å²) in [6.07, 6.45) is 2.77. The van der Waals surface area contributed by atoms with Crippen molar-refractivity contribution in [2.45, 2.75) is 46.2 Å². The Morgan fingerprint density at radius 1 is 1.19 bits per heavy atom. The molecule has 7 heteroatoms. The number of aromatic nitrogens is 2. The lowest BCUT2D eigenvalue weighted by molar-refractivity contribution is 0.0766. The highest BCUT2D eigenvalue weighted by Crippen LogP contribution is 2.22. The van der Waals surface area contributed by atoms with E-state index in [0.29, 0.717) is 36.2 Å². The number of carbonyl (C=O) groups excluding carboxylic acids is 2. The van der Waals surface area contributed by atoms with Crippen LogP contribution in [0.3, 0.4) is 0 Å². The molecule has 1 aliphatic heterocycles. The summed E-state index contributed by atoms with van der Waals surface area (Å²) in [6, 6.07) is 7.33. The molecule has 2 aromatic rings. The van der Waals surface area contributed by atoms with E-state index in [9.17, 15) is 9.59 Å². The summed E-state index contributed by atoms with van der Waals surface area (Å²) in [5.41, 5.74) is 2.27. The first kappa shape index (κ1) is 19.4. The zero-order valence-corrected chi connectivity index (χ0v) is 16.6. The number of benzene rings is 1. The average Bonchev–Trinajstić information content (AvgIpc) is 3.08. The first-order valence-corrected chi connectivity index (χ1v) is 9.84. The third kappa shape index (κ3) is 4.16. The molecule has 3 rings (SSSR count). The van der Waals surface area contributed by atoms with Gasteiger partial charge < -0.3 is 14.8 Å². The molecule has 1 aromatic carbocycles. The minimum atomic E-state index is -0.258. The van der Waals surface area contributed by atoms with Crippen molar-refractivity contribution in [3.8, 4) is 0 Å². The van der Waals surface area contributed by atoms with Crippen molar-refractivity contribution in [2.24, 2.45) is 0 Å². The Labute approximate surface area is 164 Å². The van der Waals surface area contributed by atoms with Crippen LogP contribution in [0.15, 0.2) is 24.3 Å². The van der Waals surface area contributed by atoms with Gasteiger partial charge in [0.2, 0.25) is 0 Å². The molecule has 0 unspecified atom stereocenters. The summed E-state index contributed by atoms with van der Waals surface area (Å²) in [5, 5.41) is 3.56. The topological polar surface area (TPSA) is 67.2 Å². The standard InChI is InChI=1S/C20H25ClN4O2/c1-3-24(4-2)20(27)17-16-7-5-6-12-25(16)18(23-17)19(26)22-13-14-8-10-15(21)11-9-14/h8-11H,3-7,12-13H2,1-2H3,(H,22,26). The summed E-state index contributed by atoms with van der Waals surface area (Å²) < 4.78 is 1.91. The van der Waals surface area contributed by atoms with E-state index in [1.54, 1.807) is 17.0 Å². The minimum Gasteiger partial charge on any atom is -0.345 e. The molecule has 144 valence electrons. The molecule has 0 fully saturated rings. The fraction of sp³-hybridized carbons (Fsp3) is 0.450. The lowest BCUT2D eigenvalue weighted by Crippen LogP contribution is -2.31. The van der Waals surface area contributed by atoms with Gasteiger partial charge in [0.05, 0.1) is 5.69 Å². The number of amides is 2. The van der Waals surface area contributed by atoms with Crippen molar-refractivity contribution in [1.82, 2.24) is 19.8 Å².